The first kappa shape index (κ1) is 14.5. The molecule has 17 heavy (non-hydrogen) atoms. The lowest BCUT2D eigenvalue weighted by atomic mass is 10.0. The van der Waals surface area contributed by atoms with Crippen molar-refractivity contribution in [2.24, 2.45) is 5.92 Å². The third-order valence-electron chi connectivity index (χ3n) is 2.92. The monoisotopic (exact) mass is 350 g/mol. The maximum atomic E-state index is 13.6. The van der Waals surface area contributed by atoms with Crippen LogP contribution < -0.4 is 10.6 Å². The standard InChI is InChI=1S/C13H20FIN2/c1-8(2)5-9(3)17(4)13-6-10(14)11(15)7-12(13)16/h6-9H,5,16H2,1-4H3. The van der Waals surface area contributed by atoms with E-state index in [1.807, 2.05) is 29.6 Å². The van der Waals surface area contributed by atoms with Gasteiger partial charge in [-0.1, -0.05) is 13.8 Å². The highest BCUT2D eigenvalue weighted by Crippen LogP contribution is 2.29. The number of benzene rings is 1. The van der Waals surface area contributed by atoms with Gasteiger partial charge in [0.1, 0.15) is 5.82 Å². The number of nitrogen functional groups attached to an aromatic ring is 1. The third-order valence-corrected chi connectivity index (χ3v) is 3.75. The molecular weight excluding hydrogens is 330 g/mol. The van der Waals surface area contributed by atoms with Crippen molar-refractivity contribution in [1.82, 2.24) is 0 Å². The van der Waals surface area contributed by atoms with Crippen LogP contribution in [0.4, 0.5) is 15.8 Å². The zero-order valence-electron chi connectivity index (χ0n) is 10.8. The van der Waals surface area contributed by atoms with Gasteiger partial charge in [-0.25, -0.2) is 4.39 Å². The Morgan fingerprint density at radius 3 is 2.47 bits per heavy atom. The summed E-state index contributed by atoms with van der Waals surface area (Å²) < 4.78 is 14.1. The predicted octanol–water partition coefficient (Wildman–Crippen LogP) is 3.88. The smallest absolute Gasteiger partial charge is 0.138 e. The summed E-state index contributed by atoms with van der Waals surface area (Å²) in [5.41, 5.74) is 7.35. The number of hydrogen-bond donors (Lipinski definition) is 1. The maximum absolute atomic E-state index is 13.6. The molecule has 2 nitrogen and oxygen atoms in total. The molecule has 96 valence electrons. The van der Waals surface area contributed by atoms with Crippen LogP contribution in [0.25, 0.3) is 0 Å². The Morgan fingerprint density at radius 2 is 1.94 bits per heavy atom. The summed E-state index contributed by atoms with van der Waals surface area (Å²) in [4.78, 5) is 2.05. The minimum absolute atomic E-state index is 0.210. The van der Waals surface area contributed by atoms with Crippen molar-refractivity contribution in [3.8, 4) is 0 Å². The number of rotatable bonds is 4. The number of hydrogen-bond acceptors (Lipinski definition) is 2. The average molecular weight is 350 g/mol. The number of nitrogens with zero attached hydrogens (tertiary/aromatic N) is 1. The molecule has 0 saturated carbocycles. The second-order valence-corrected chi connectivity index (χ2v) is 6.08. The lowest BCUT2D eigenvalue weighted by molar-refractivity contribution is 0.503. The second kappa shape index (κ2) is 5.89. The number of anilines is 2. The molecule has 1 rings (SSSR count). The number of halogens is 2. The van der Waals surface area contributed by atoms with E-state index in [4.69, 9.17) is 5.73 Å². The molecular formula is C13H20FIN2. The lowest BCUT2D eigenvalue weighted by Gasteiger charge is -2.29. The van der Waals surface area contributed by atoms with E-state index in [0.717, 1.165) is 12.1 Å². The highest BCUT2D eigenvalue weighted by atomic mass is 127. The van der Waals surface area contributed by atoms with E-state index in [0.29, 0.717) is 21.2 Å². The summed E-state index contributed by atoms with van der Waals surface area (Å²) in [7, 11) is 1.96. The summed E-state index contributed by atoms with van der Waals surface area (Å²) in [6.07, 6.45) is 1.06. The fraction of sp³-hybridized carbons (Fsp3) is 0.538. The third kappa shape index (κ3) is 3.72. The van der Waals surface area contributed by atoms with Gasteiger partial charge in [0.25, 0.3) is 0 Å². The molecule has 0 aliphatic rings. The molecule has 4 heteroatoms. The van der Waals surface area contributed by atoms with Gasteiger partial charge in [0, 0.05) is 19.2 Å². The molecule has 0 heterocycles. The zero-order valence-corrected chi connectivity index (χ0v) is 13.0. The topological polar surface area (TPSA) is 29.3 Å². The molecule has 0 aliphatic heterocycles. The molecule has 0 aromatic heterocycles. The molecule has 1 unspecified atom stereocenters. The normalized spacial score (nSPS) is 12.9. The summed E-state index contributed by atoms with van der Waals surface area (Å²) in [6.45, 7) is 6.50. The highest BCUT2D eigenvalue weighted by molar-refractivity contribution is 14.1. The minimum atomic E-state index is -0.210. The van der Waals surface area contributed by atoms with Gasteiger partial charge in [-0.15, -0.1) is 0 Å². The van der Waals surface area contributed by atoms with Crippen LogP contribution in [0.5, 0.6) is 0 Å². The summed E-state index contributed by atoms with van der Waals surface area (Å²) in [5, 5.41) is 0. The molecule has 0 aliphatic carbocycles. The van der Waals surface area contributed by atoms with E-state index in [2.05, 4.69) is 25.7 Å². The van der Waals surface area contributed by atoms with E-state index >= 15 is 0 Å². The Bertz CT molecular complexity index is 393. The Balaban J connectivity index is 2.95. The van der Waals surface area contributed by atoms with Crippen LogP contribution in [-0.2, 0) is 0 Å². The van der Waals surface area contributed by atoms with Crippen molar-refractivity contribution in [1.29, 1.82) is 0 Å². The summed E-state index contributed by atoms with van der Waals surface area (Å²) in [5.74, 6) is 0.403. The van der Waals surface area contributed by atoms with Gasteiger partial charge in [0.05, 0.1) is 14.9 Å². The molecule has 0 radical (unpaired) electrons. The van der Waals surface area contributed by atoms with E-state index in [1.54, 1.807) is 6.07 Å². The van der Waals surface area contributed by atoms with E-state index in [9.17, 15) is 4.39 Å². The fourth-order valence-electron chi connectivity index (χ4n) is 1.93. The SMILES string of the molecule is CC(C)CC(C)N(C)c1cc(F)c(I)cc1N. The second-order valence-electron chi connectivity index (χ2n) is 4.91. The van der Waals surface area contributed by atoms with Gasteiger partial charge in [-0.2, -0.15) is 0 Å². The largest absolute Gasteiger partial charge is 0.397 e. The Kier molecular flexibility index (Phi) is 5.04. The van der Waals surface area contributed by atoms with E-state index < -0.39 is 0 Å². The van der Waals surface area contributed by atoms with Crippen LogP contribution >= 0.6 is 22.6 Å². The summed E-state index contributed by atoms with van der Waals surface area (Å²) in [6, 6.07) is 3.55. The molecule has 0 fully saturated rings. The first-order valence-electron chi connectivity index (χ1n) is 5.80. The van der Waals surface area contributed by atoms with Gasteiger partial charge in [-0.05, 0) is 47.9 Å². The van der Waals surface area contributed by atoms with Crippen LogP contribution in [0, 0.1) is 15.3 Å². The quantitative estimate of drug-likeness (QED) is 0.660. The average Bonchev–Trinajstić information content (AvgIpc) is 2.21. The van der Waals surface area contributed by atoms with Gasteiger partial charge >= 0.3 is 0 Å². The highest BCUT2D eigenvalue weighted by Gasteiger charge is 2.15. The molecule has 0 spiro atoms. The first-order chi connectivity index (χ1) is 7.82. The Labute approximate surface area is 117 Å². The van der Waals surface area contributed by atoms with Crippen LogP contribution in [0.2, 0.25) is 0 Å². The molecule has 0 bridgehead atoms. The molecule has 2 N–H and O–H groups in total. The van der Waals surface area contributed by atoms with Crippen LogP contribution in [0.15, 0.2) is 12.1 Å². The van der Waals surface area contributed by atoms with Crippen LogP contribution in [-0.4, -0.2) is 13.1 Å². The van der Waals surface area contributed by atoms with Crippen molar-refractivity contribution < 1.29 is 4.39 Å². The molecule has 0 saturated heterocycles. The van der Waals surface area contributed by atoms with Crippen LogP contribution in [0.3, 0.4) is 0 Å². The zero-order chi connectivity index (χ0) is 13.2. The minimum Gasteiger partial charge on any atom is -0.397 e. The fourth-order valence-corrected chi connectivity index (χ4v) is 2.43. The van der Waals surface area contributed by atoms with Crippen molar-refractivity contribution in [2.75, 3.05) is 17.7 Å². The lowest BCUT2D eigenvalue weighted by Crippen LogP contribution is -2.30. The van der Waals surface area contributed by atoms with Gasteiger partial charge in [-0.3, -0.25) is 0 Å². The van der Waals surface area contributed by atoms with E-state index in [-0.39, 0.29) is 5.82 Å². The molecule has 0 amide bonds. The van der Waals surface area contributed by atoms with Gasteiger partial charge in [0.15, 0.2) is 0 Å². The van der Waals surface area contributed by atoms with Gasteiger partial charge < -0.3 is 10.6 Å². The predicted molar refractivity (Wildman–Crippen MR) is 80.8 cm³/mol. The van der Waals surface area contributed by atoms with E-state index in [1.165, 1.54) is 6.07 Å². The Morgan fingerprint density at radius 1 is 1.35 bits per heavy atom. The van der Waals surface area contributed by atoms with Gasteiger partial charge in [0.2, 0.25) is 0 Å². The summed E-state index contributed by atoms with van der Waals surface area (Å²) >= 11 is 1.95. The molecule has 1 aromatic rings. The molecule has 1 atom stereocenters. The molecule has 1 aromatic carbocycles. The van der Waals surface area contributed by atoms with Crippen molar-refractivity contribution in [3.05, 3.63) is 21.5 Å². The van der Waals surface area contributed by atoms with Crippen molar-refractivity contribution >= 4 is 34.0 Å². The Hall–Kier alpha value is -0.520. The van der Waals surface area contributed by atoms with Crippen molar-refractivity contribution in [2.45, 2.75) is 33.2 Å². The van der Waals surface area contributed by atoms with Crippen molar-refractivity contribution in [3.63, 3.8) is 0 Å². The first-order valence-corrected chi connectivity index (χ1v) is 6.88. The number of nitrogens with two attached hydrogens (primary N) is 1. The van der Waals surface area contributed by atoms with Crippen LogP contribution in [0.1, 0.15) is 27.2 Å². The maximum Gasteiger partial charge on any atom is 0.138 e.